The Morgan fingerprint density at radius 1 is 1.00 bits per heavy atom. The molecule has 0 atom stereocenters. The first-order valence-corrected chi connectivity index (χ1v) is 8.28. The van der Waals surface area contributed by atoms with E-state index in [-0.39, 0.29) is 0 Å². The highest BCUT2D eigenvalue weighted by atomic mass is 16.3. The van der Waals surface area contributed by atoms with Crippen LogP contribution in [0.5, 0.6) is 0 Å². The number of benzene rings is 1. The summed E-state index contributed by atoms with van der Waals surface area (Å²) in [5, 5.41) is 1.05. The van der Waals surface area contributed by atoms with Crippen LogP contribution in [-0.2, 0) is 6.54 Å². The van der Waals surface area contributed by atoms with Crippen molar-refractivity contribution in [1.82, 2.24) is 15.0 Å². The van der Waals surface area contributed by atoms with E-state index in [1.54, 1.807) is 24.9 Å². The summed E-state index contributed by atoms with van der Waals surface area (Å²) in [5.41, 5.74) is 3.02. The molecule has 0 radical (unpaired) electrons. The van der Waals surface area contributed by atoms with Crippen LogP contribution in [-0.4, -0.2) is 21.5 Å². The number of hydrogen-bond acceptors (Lipinski definition) is 5. The van der Waals surface area contributed by atoms with E-state index in [9.17, 15) is 0 Å². The molecule has 0 bridgehead atoms. The van der Waals surface area contributed by atoms with Gasteiger partial charge in [-0.2, -0.15) is 0 Å². The molecule has 0 amide bonds. The molecule has 4 aromatic rings. The van der Waals surface area contributed by atoms with Crippen molar-refractivity contribution < 1.29 is 4.42 Å². The van der Waals surface area contributed by atoms with E-state index in [0.29, 0.717) is 5.82 Å². The maximum atomic E-state index is 5.21. The molecule has 0 N–H and O–H groups in total. The number of rotatable bonds is 5. The lowest BCUT2D eigenvalue weighted by atomic mass is 10.2. The molecule has 0 aliphatic heterocycles. The largest absolute Gasteiger partial charge is 0.472 e. The minimum absolute atomic E-state index is 0.710. The van der Waals surface area contributed by atoms with E-state index in [2.05, 4.69) is 22.9 Å². The second kappa shape index (κ2) is 6.73. The second-order valence-corrected chi connectivity index (χ2v) is 5.77. The lowest BCUT2D eigenvalue weighted by molar-refractivity contribution is 0.563. The maximum absolute atomic E-state index is 5.21. The van der Waals surface area contributed by atoms with Crippen molar-refractivity contribution in [2.24, 2.45) is 0 Å². The van der Waals surface area contributed by atoms with Crippen molar-refractivity contribution >= 4 is 16.7 Å². The molecule has 1 aromatic carbocycles. The van der Waals surface area contributed by atoms with Crippen molar-refractivity contribution in [1.29, 1.82) is 0 Å². The van der Waals surface area contributed by atoms with Gasteiger partial charge in [-0.1, -0.05) is 12.1 Å². The number of nitrogens with zero attached hydrogens (tertiary/aromatic N) is 4. The van der Waals surface area contributed by atoms with Crippen LogP contribution in [0.25, 0.3) is 22.3 Å². The highest BCUT2D eigenvalue weighted by molar-refractivity contribution is 5.91. The monoisotopic (exact) mass is 330 g/mol. The Balaban J connectivity index is 1.85. The molecule has 0 aliphatic rings. The topological polar surface area (TPSA) is 55.1 Å². The Morgan fingerprint density at radius 3 is 2.60 bits per heavy atom. The molecule has 124 valence electrons. The van der Waals surface area contributed by atoms with Crippen molar-refractivity contribution in [2.75, 3.05) is 11.4 Å². The summed E-state index contributed by atoms with van der Waals surface area (Å²) < 4.78 is 5.21. The number of aromatic nitrogens is 3. The SMILES string of the molecule is CCN(Cc1ccoc1)c1nc(-c2ccncc2)nc2ccccc12. The first-order chi connectivity index (χ1) is 12.3. The smallest absolute Gasteiger partial charge is 0.162 e. The fraction of sp³-hybridized carbons (Fsp3) is 0.150. The van der Waals surface area contributed by atoms with Gasteiger partial charge in [0.25, 0.3) is 0 Å². The summed E-state index contributed by atoms with van der Waals surface area (Å²) in [6.45, 7) is 3.70. The minimum Gasteiger partial charge on any atom is -0.472 e. The number of anilines is 1. The first-order valence-electron chi connectivity index (χ1n) is 8.28. The Labute approximate surface area is 146 Å². The highest BCUT2D eigenvalue weighted by Crippen LogP contribution is 2.28. The van der Waals surface area contributed by atoms with Crippen molar-refractivity contribution in [2.45, 2.75) is 13.5 Å². The third-order valence-corrected chi connectivity index (χ3v) is 4.16. The van der Waals surface area contributed by atoms with E-state index in [1.165, 1.54) is 0 Å². The van der Waals surface area contributed by atoms with Crippen molar-refractivity contribution in [3.05, 3.63) is 72.9 Å². The van der Waals surface area contributed by atoms with Crippen LogP contribution in [0.4, 0.5) is 5.82 Å². The molecule has 5 nitrogen and oxygen atoms in total. The van der Waals surface area contributed by atoms with Gasteiger partial charge in [0, 0.05) is 42.0 Å². The minimum atomic E-state index is 0.710. The zero-order valence-electron chi connectivity index (χ0n) is 14.0. The molecule has 0 saturated heterocycles. The predicted octanol–water partition coefficient (Wildman–Crippen LogP) is 4.31. The van der Waals surface area contributed by atoms with E-state index in [4.69, 9.17) is 14.4 Å². The highest BCUT2D eigenvalue weighted by Gasteiger charge is 2.15. The van der Waals surface area contributed by atoms with Crippen LogP contribution in [0.2, 0.25) is 0 Å². The molecule has 0 spiro atoms. The third-order valence-electron chi connectivity index (χ3n) is 4.16. The van der Waals surface area contributed by atoms with Crippen LogP contribution in [0.15, 0.2) is 71.8 Å². The number of pyridine rings is 1. The van der Waals surface area contributed by atoms with Gasteiger partial charge in [-0.3, -0.25) is 4.98 Å². The fourth-order valence-electron chi connectivity index (χ4n) is 2.87. The fourth-order valence-corrected chi connectivity index (χ4v) is 2.87. The number of furan rings is 1. The van der Waals surface area contributed by atoms with Gasteiger partial charge in [-0.25, -0.2) is 9.97 Å². The van der Waals surface area contributed by atoms with E-state index in [0.717, 1.165) is 40.9 Å². The van der Waals surface area contributed by atoms with E-state index >= 15 is 0 Å². The van der Waals surface area contributed by atoms with E-state index < -0.39 is 0 Å². The van der Waals surface area contributed by atoms with Gasteiger partial charge in [0.1, 0.15) is 5.82 Å². The van der Waals surface area contributed by atoms with Gasteiger partial charge >= 0.3 is 0 Å². The zero-order chi connectivity index (χ0) is 17.1. The zero-order valence-corrected chi connectivity index (χ0v) is 14.0. The molecular formula is C20H18N4O. The molecule has 3 aromatic heterocycles. The molecule has 0 aliphatic carbocycles. The molecule has 0 fully saturated rings. The number of para-hydroxylation sites is 1. The summed E-state index contributed by atoms with van der Waals surface area (Å²) in [5.74, 6) is 1.64. The van der Waals surface area contributed by atoms with Gasteiger partial charge < -0.3 is 9.32 Å². The lowest BCUT2D eigenvalue weighted by Gasteiger charge is -2.23. The predicted molar refractivity (Wildman–Crippen MR) is 98.2 cm³/mol. The van der Waals surface area contributed by atoms with Crippen molar-refractivity contribution in [3.8, 4) is 11.4 Å². The van der Waals surface area contributed by atoms with Crippen LogP contribution in [0.3, 0.4) is 0 Å². The molecule has 25 heavy (non-hydrogen) atoms. The van der Waals surface area contributed by atoms with Crippen LogP contribution < -0.4 is 4.90 Å². The first kappa shape index (κ1) is 15.3. The van der Waals surface area contributed by atoms with Gasteiger partial charge in [0.2, 0.25) is 0 Å². The summed E-state index contributed by atoms with van der Waals surface area (Å²) in [6, 6.07) is 14.0. The molecular weight excluding hydrogens is 312 g/mol. The average Bonchev–Trinajstić information content (AvgIpc) is 3.19. The lowest BCUT2D eigenvalue weighted by Crippen LogP contribution is -2.23. The van der Waals surface area contributed by atoms with E-state index in [1.807, 2.05) is 36.4 Å². The summed E-state index contributed by atoms with van der Waals surface area (Å²) in [7, 11) is 0. The van der Waals surface area contributed by atoms with Crippen LogP contribution >= 0.6 is 0 Å². The van der Waals surface area contributed by atoms with Gasteiger partial charge in [-0.15, -0.1) is 0 Å². The number of hydrogen-bond donors (Lipinski definition) is 0. The molecule has 0 saturated carbocycles. The van der Waals surface area contributed by atoms with Crippen LogP contribution in [0, 0.1) is 0 Å². The standard InChI is InChI=1S/C20H18N4O/c1-2-24(13-15-9-12-25-14-15)20-17-5-3-4-6-18(17)22-19(23-20)16-7-10-21-11-8-16/h3-12,14H,2,13H2,1H3. The van der Waals surface area contributed by atoms with Gasteiger partial charge in [0.05, 0.1) is 18.0 Å². The maximum Gasteiger partial charge on any atom is 0.162 e. The Hall–Kier alpha value is -3.21. The second-order valence-electron chi connectivity index (χ2n) is 5.77. The third kappa shape index (κ3) is 3.08. The molecule has 5 heteroatoms. The molecule has 3 heterocycles. The Morgan fingerprint density at radius 2 is 1.84 bits per heavy atom. The quantitative estimate of drug-likeness (QED) is 0.546. The molecule has 4 rings (SSSR count). The van der Waals surface area contributed by atoms with Gasteiger partial charge in [-0.05, 0) is 37.3 Å². The molecule has 0 unspecified atom stereocenters. The van der Waals surface area contributed by atoms with Gasteiger partial charge in [0.15, 0.2) is 5.82 Å². The average molecular weight is 330 g/mol. The summed E-state index contributed by atoms with van der Waals surface area (Å²) in [4.78, 5) is 15.9. The number of fused-ring (bicyclic) bond motifs is 1. The van der Waals surface area contributed by atoms with Crippen LogP contribution in [0.1, 0.15) is 12.5 Å². The summed E-state index contributed by atoms with van der Waals surface area (Å²) >= 11 is 0. The Kier molecular flexibility index (Phi) is 4.12. The van der Waals surface area contributed by atoms with Crippen molar-refractivity contribution in [3.63, 3.8) is 0 Å². The summed E-state index contributed by atoms with van der Waals surface area (Å²) in [6.07, 6.45) is 6.99. The normalized spacial score (nSPS) is 10.9. The Bertz CT molecular complexity index is 968.